The summed E-state index contributed by atoms with van der Waals surface area (Å²) in [5, 5.41) is 13.2. The van der Waals surface area contributed by atoms with Crippen LogP contribution in [0.4, 0.5) is 0 Å². The average molecular weight is 282 g/mol. The molecule has 118 valence electrons. The quantitative estimate of drug-likeness (QED) is 0.572. The fraction of sp³-hybridized carbons (Fsp3) is 1.00. The lowest BCUT2D eigenvalue weighted by molar-refractivity contribution is 0.154. The summed E-state index contributed by atoms with van der Waals surface area (Å²) in [4.78, 5) is 2.62. The molecule has 0 saturated heterocycles. The molecule has 2 N–H and O–H groups in total. The van der Waals surface area contributed by atoms with Gasteiger partial charge in [-0.2, -0.15) is 0 Å². The van der Waals surface area contributed by atoms with E-state index in [4.69, 9.17) is 0 Å². The maximum atomic E-state index is 9.60. The molecule has 2 rings (SSSR count). The Bertz CT molecular complexity index is 276. The minimum absolute atomic E-state index is 0.0494. The maximum absolute atomic E-state index is 9.60. The maximum Gasteiger partial charge on any atom is 0.0610 e. The van der Waals surface area contributed by atoms with Crippen molar-refractivity contribution in [1.82, 2.24) is 10.2 Å². The molecular formula is C17H34N2O. The molecule has 0 heterocycles. The van der Waals surface area contributed by atoms with Gasteiger partial charge in [0.15, 0.2) is 0 Å². The molecule has 2 saturated carbocycles. The Kier molecular flexibility index (Phi) is 6.31. The minimum Gasteiger partial charge on any atom is -0.394 e. The molecule has 2 aliphatic carbocycles. The first-order chi connectivity index (χ1) is 9.65. The molecule has 1 atom stereocenters. The van der Waals surface area contributed by atoms with Crippen molar-refractivity contribution in [3.63, 3.8) is 0 Å². The number of aliphatic hydroxyl groups excluding tert-OH is 1. The average Bonchev–Trinajstić information content (AvgIpc) is 3.19. The van der Waals surface area contributed by atoms with Gasteiger partial charge < -0.3 is 15.3 Å². The van der Waals surface area contributed by atoms with E-state index in [-0.39, 0.29) is 12.1 Å². The van der Waals surface area contributed by atoms with E-state index in [1.54, 1.807) is 0 Å². The smallest absolute Gasteiger partial charge is 0.0610 e. The lowest BCUT2D eigenvalue weighted by atomic mass is 9.85. The van der Waals surface area contributed by atoms with E-state index < -0.39 is 0 Å². The lowest BCUT2D eigenvalue weighted by Gasteiger charge is -2.32. The van der Waals surface area contributed by atoms with Crippen LogP contribution in [0.15, 0.2) is 0 Å². The predicted molar refractivity (Wildman–Crippen MR) is 85.0 cm³/mol. The van der Waals surface area contributed by atoms with Crippen LogP contribution >= 0.6 is 0 Å². The third-order valence-corrected chi connectivity index (χ3v) is 5.12. The minimum atomic E-state index is -0.0494. The Morgan fingerprint density at radius 1 is 1.20 bits per heavy atom. The first-order valence-electron chi connectivity index (χ1n) is 8.76. The standard InChI is InChI=1S/C17H34N2O/c1-3-19(13-15-7-6-8-15)12-5-4-11-17(2,14-20)18-16-9-10-16/h15-16,18,20H,3-14H2,1-2H3. The third-order valence-electron chi connectivity index (χ3n) is 5.12. The van der Waals surface area contributed by atoms with E-state index in [1.165, 1.54) is 64.6 Å². The fourth-order valence-electron chi connectivity index (χ4n) is 3.19. The van der Waals surface area contributed by atoms with Crippen LogP contribution in [-0.2, 0) is 0 Å². The summed E-state index contributed by atoms with van der Waals surface area (Å²) in [6, 6.07) is 0.679. The van der Waals surface area contributed by atoms with Crippen molar-refractivity contribution in [3.05, 3.63) is 0 Å². The van der Waals surface area contributed by atoms with Crippen LogP contribution in [0.1, 0.15) is 65.2 Å². The van der Waals surface area contributed by atoms with Crippen molar-refractivity contribution in [3.8, 4) is 0 Å². The zero-order valence-corrected chi connectivity index (χ0v) is 13.5. The summed E-state index contributed by atoms with van der Waals surface area (Å²) in [5.41, 5.74) is -0.0494. The molecule has 0 aromatic heterocycles. The molecule has 0 aromatic rings. The summed E-state index contributed by atoms with van der Waals surface area (Å²) in [5.74, 6) is 0.981. The first kappa shape index (κ1) is 16.3. The van der Waals surface area contributed by atoms with E-state index >= 15 is 0 Å². The first-order valence-corrected chi connectivity index (χ1v) is 8.76. The third kappa shape index (κ3) is 5.34. The molecule has 20 heavy (non-hydrogen) atoms. The number of nitrogens with zero attached hydrogens (tertiary/aromatic N) is 1. The zero-order chi connectivity index (χ0) is 14.4. The zero-order valence-electron chi connectivity index (χ0n) is 13.5. The SMILES string of the molecule is CCN(CCCCC(C)(CO)NC1CC1)CC1CCC1. The number of hydrogen-bond acceptors (Lipinski definition) is 3. The summed E-state index contributed by atoms with van der Waals surface area (Å²) < 4.78 is 0. The Balaban J connectivity index is 1.58. The molecule has 2 fully saturated rings. The molecule has 0 aromatic carbocycles. The fourth-order valence-corrected chi connectivity index (χ4v) is 3.19. The summed E-state index contributed by atoms with van der Waals surface area (Å²) >= 11 is 0. The van der Waals surface area contributed by atoms with Crippen LogP contribution in [-0.4, -0.2) is 47.8 Å². The van der Waals surface area contributed by atoms with Crippen LogP contribution in [0, 0.1) is 5.92 Å². The molecule has 0 radical (unpaired) electrons. The molecular weight excluding hydrogens is 248 g/mol. The van der Waals surface area contributed by atoms with Crippen molar-refractivity contribution in [2.45, 2.75) is 76.8 Å². The van der Waals surface area contributed by atoms with Gasteiger partial charge in [-0.3, -0.25) is 0 Å². The van der Waals surface area contributed by atoms with Crippen LogP contribution in [0.25, 0.3) is 0 Å². The highest BCUT2D eigenvalue weighted by molar-refractivity contribution is 4.92. The van der Waals surface area contributed by atoms with Gasteiger partial charge in [0.2, 0.25) is 0 Å². The van der Waals surface area contributed by atoms with Crippen LogP contribution in [0.3, 0.4) is 0 Å². The molecule has 1 unspecified atom stereocenters. The summed E-state index contributed by atoms with van der Waals surface area (Å²) in [7, 11) is 0. The number of unbranched alkanes of at least 4 members (excludes halogenated alkanes) is 1. The number of rotatable bonds is 11. The van der Waals surface area contributed by atoms with Gasteiger partial charge >= 0.3 is 0 Å². The van der Waals surface area contributed by atoms with Gasteiger partial charge in [-0.05, 0) is 64.5 Å². The van der Waals surface area contributed by atoms with Gasteiger partial charge in [0.05, 0.1) is 6.61 Å². The predicted octanol–water partition coefficient (Wildman–Crippen LogP) is 2.78. The van der Waals surface area contributed by atoms with E-state index in [2.05, 4.69) is 24.1 Å². The second-order valence-electron chi connectivity index (χ2n) is 7.28. The topological polar surface area (TPSA) is 35.5 Å². The van der Waals surface area contributed by atoms with E-state index in [1.807, 2.05) is 0 Å². The highest BCUT2D eigenvalue weighted by Gasteiger charge is 2.31. The molecule has 0 bridgehead atoms. The molecule has 2 aliphatic rings. The van der Waals surface area contributed by atoms with Crippen molar-refractivity contribution >= 4 is 0 Å². The molecule has 0 spiro atoms. The van der Waals surface area contributed by atoms with Gasteiger partial charge in [-0.25, -0.2) is 0 Å². The van der Waals surface area contributed by atoms with Gasteiger partial charge in [0, 0.05) is 18.1 Å². The molecule has 3 nitrogen and oxygen atoms in total. The monoisotopic (exact) mass is 282 g/mol. The van der Waals surface area contributed by atoms with Crippen molar-refractivity contribution in [2.75, 3.05) is 26.2 Å². The van der Waals surface area contributed by atoms with Gasteiger partial charge in [-0.1, -0.05) is 19.8 Å². The second-order valence-corrected chi connectivity index (χ2v) is 7.28. The van der Waals surface area contributed by atoms with Crippen molar-refractivity contribution < 1.29 is 5.11 Å². The van der Waals surface area contributed by atoms with Crippen molar-refractivity contribution in [1.29, 1.82) is 0 Å². The molecule has 0 amide bonds. The van der Waals surface area contributed by atoms with Crippen LogP contribution < -0.4 is 5.32 Å². The highest BCUT2D eigenvalue weighted by Crippen LogP contribution is 2.27. The lowest BCUT2D eigenvalue weighted by Crippen LogP contribution is -2.47. The Hall–Kier alpha value is -0.120. The van der Waals surface area contributed by atoms with Crippen LogP contribution in [0.5, 0.6) is 0 Å². The van der Waals surface area contributed by atoms with Gasteiger partial charge in [0.1, 0.15) is 0 Å². The molecule has 0 aliphatic heterocycles. The number of aliphatic hydroxyl groups is 1. The Morgan fingerprint density at radius 3 is 2.45 bits per heavy atom. The summed E-state index contributed by atoms with van der Waals surface area (Å²) in [6.07, 6.45) is 10.5. The van der Waals surface area contributed by atoms with E-state index in [0.29, 0.717) is 6.04 Å². The Labute approximate surface area is 125 Å². The largest absolute Gasteiger partial charge is 0.394 e. The van der Waals surface area contributed by atoms with Gasteiger partial charge in [-0.15, -0.1) is 0 Å². The van der Waals surface area contributed by atoms with Gasteiger partial charge in [0.25, 0.3) is 0 Å². The Morgan fingerprint density at radius 2 is 1.95 bits per heavy atom. The molecule has 3 heteroatoms. The van der Waals surface area contributed by atoms with Crippen molar-refractivity contribution in [2.24, 2.45) is 5.92 Å². The van der Waals surface area contributed by atoms with E-state index in [0.717, 1.165) is 12.3 Å². The number of nitrogens with one attached hydrogen (secondary N) is 1. The number of hydrogen-bond donors (Lipinski definition) is 2. The second kappa shape index (κ2) is 7.77. The summed E-state index contributed by atoms with van der Waals surface area (Å²) in [6.45, 7) is 8.46. The highest BCUT2D eigenvalue weighted by atomic mass is 16.3. The van der Waals surface area contributed by atoms with E-state index in [9.17, 15) is 5.11 Å². The van der Waals surface area contributed by atoms with Crippen LogP contribution in [0.2, 0.25) is 0 Å². The normalized spacial score (nSPS) is 22.8.